The molecule has 0 spiro atoms. The van der Waals surface area contributed by atoms with Gasteiger partial charge in [0.1, 0.15) is 0 Å². The van der Waals surface area contributed by atoms with Crippen molar-refractivity contribution in [2.75, 3.05) is 0 Å². The Bertz CT molecular complexity index is 93.9. The average Bonchev–Trinajstić information content (AvgIpc) is 1.76. The van der Waals surface area contributed by atoms with Crippen LogP contribution >= 0.6 is 0 Å². The fourth-order valence-corrected chi connectivity index (χ4v) is 0. The second-order valence-electron chi connectivity index (χ2n) is 1.39. The van der Waals surface area contributed by atoms with Gasteiger partial charge in [0.05, 0.1) is 0 Å². The Hall–Kier alpha value is 3.38. The summed E-state index contributed by atoms with van der Waals surface area (Å²) in [5, 5.41) is 86.0. The maximum Gasteiger partial charge on any atom is 1.00 e. The number of hydrogen-bond donors (Lipinski definition) is 12. The number of hydrogen-bond acceptors (Lipinski definition) is 12. The van der Waals surface area contributed by atoms with Crippen molar-refractivity contribution < 1.29 is 239 Å². The number of rotatable bonds is 0. The van der Waals surface area contributed by atoms with Crippen LogP contribution in [0.15, 0.2) is 0 Å². The van der Waals surface area contributed by atoms with Gasteiger partial charge in [0.25, 0.3) is 0 Å². The summed E-state index contributed by atoms with van der Waals surface area (Å²) in [4.78, 5) is 0. The molecule has 0 bridgehead atoms. The molecule has 0 heterocycles. The van der Waals surface area contributed by atoms with Crippen molar-refractivity contribution in [3.8, 4) is 0 Å². The zero-order chi connectivity index (χ0) is 14.3. The van der Waals surface area contributed by atoms with E-state index < -0.39 is 29.3 Å². The Morgan fingerprint density at radius 1 is 0.233 bits per heavy atom. The second kappa shape index (κ2) is 135. The minimum atomic E-state index is -2.17. The van der Waals surface area contributed by atoms with Crippen molar-refractivity contribution >= 4 is 29.3 Å². The van der Waals surface area contributed by atoms with Crippen LogP contribution in [0.5, 0.6) is 0 Å². The quantitative estimate of drug-likeness (QED) is 0.132. The molecule has 184 valence electrons. The molecule has 0 amide bonds. The third-order valence-electron chi connectivity index (χ3n) is 0. The average molecular weight is 523 g/mol. The molecule has 0 aromatic heterocycles. The van der Waals surface area contributed by atoms with Gasteiger partial charge in [-0.3, -0.25) is 0 Å². The maximum absolute atomic E-state index is 7.17. The molecule has 0 radical (unpaired) electrons. The molecule has 30 heavy (non-hydrogen) atoms. The Morgan fingerprint density at radius 3 is 0.233 bits per heavy atom. The third kappa shape index (κ3) is 2540. The first-order valence-electron chi connectivity index (χ1n) is 3.10. The van der Waals surface area contributed by atoms with E-state index >= 15 is 0 Å². The topological polar surface area (TPSA) is 558 Å². The molecule has 0 aromatic rings. The Morgan fingerprint density at radius 2 is 0.233 bits per heavy atom. The first-order valence-corrected chi connectivity index (χ1v) is 3.10. The van der Waals surface area contributed by atoms with Gasteiger partial charge in [0.15, 0.2) is 0 Å². The zero-order valence-corrected chi connectivity index (χ0v) is 24.7. The van der Waals surface area contributed by atoms with Gasteiger partial charge in [-0.25, -0.2) is 0 Å². The molecular formula is H36B4Na4O22. The summed E-state index contributed by atoms with van der Waals surface area (Å²) in [6, 6.07) is 0. The van der Waals surface area contributed by atoms with Crippen molar-refractivity contribution in [2.45, 2.75) is 0 Å². The summed E-state index contributed by atoms with van der Waals surface area (Å²) in [5.74, 6) is 0. The van der Waals surface area contributed by atoms with Crippen LogP contribution in [-0.2, 0) is 0 Å². The molecule has 32 N–H and O–H groups in total. The van der Waals surface area contributed by atoms with Crippen molar-refractivity contribution in [2.24, 2.45) is 0 Å². The van der Waals surface area contributed by atoms with E-state index in [1.54, 1.807) is 0 Å². The monoisotopic (exact) mass is 524 g/mol. The van der Waals surface area contributed by atoms with Gasteiger partial charge in [-0.1, -0.05) is 0 Å². The van der Waals surface area contributed by atoms with E-state index in [1.165, 1.54) is 0 Å². The second-order valence-corrected chi connectivity index (χ2v) is 1.39. The van der Waals surface area contributed by atoms with Crippen molar-refractivity contribution in [3.05, 3.63) is 0 Å². The molecule has 0 aliphatic rings. The van der Waals surface area contributed by atoms with E-state index in [4.69, 9.17) is 60.3 Å². The fourth-order valence-electron chi connectivity index (χ4n) is 0. The van der Waals surface area contributed by atoms with Gasteiger partial charge < -0.3 is 121 Å². The van der Waals surface area contributed by atoms with Crippen LogP contribution in [0.3, 0.4) is 0 Å². The maximum atomic E-state index is 7.17. The Kier molecular flexibility index (Phi) is 665. The van der Waals surface area contributed by atoms with E-state index in [0.29, 0.717) is 0 Å². The first kappa shape index (κ1) is 148. The summed E-state index contributed by atoms with van der Waals surface area (Å²) >= 11 is 0. The van der Waals surface area contributed by atoms with Crippen LogP contribution in [0.4, 0.5) is 0 Å². The third-order valence-corrected chi connectivity index (χ3v) is 0. The largest absolute Gasteiger partial charge is 1.00 e. The molecule has 0 atom stereocenters. The van der Waals surface area contributed by atoms with Gasteiger partial charge in [-0.2, -0.15) is 0 Å². The summed E-state index contributed by atoms with van der Waals surface area (Å²) in [7, 11) is -8.67. The zero-order valence-electron chi connectivity index (χ0n) is 20.7. The van der Waals surface area contributed by atoms with Crippen LogP contribution in [0, 0.1) is 0 Å². The molecule has 0 saturated carbocycles. The normalized spacial score (nSPS) is 3.60. The van der Waals surface area contributed by atoms with Crippen LogP contribution in [-0.4, -0.2) is 144 Å². The van der Waals surface area contributed by atoms with Crippen molar-refractivity contribution in [1.82, 2.24) is 0 Å². The van der Waals surface area contributed by atoms with Crippen LogP contribution < -0.4 is 118 Å². The molecule has 30 heteroatoms. The summed E-state index contributed by atoms with van der Waals surface area (Å²) in [5.41, 5.74) is 0. The van der Waals surface area contributed by atoms with Crippen LogP contribution in [0.1, 0.15) is 5.71 Å². The first-order chi connectivity index (χ1) is 6.93. The fraction of sp³-hybridized carbons (Fsp3) is 0. The SMILES string of the molecule is O.O.O.O.O.O.O.O.O.O.OB(O)O.OB(O)O.OB(O)O.OB(O)O.[H-].[H-].[H-].[H-].[Na+].[Na+].[Na+].[Na+]. The van der Waals surface area contributed by atoms with Gasteiger partial charge >= 0.3 is 148 Å². The molecule has 0 aliphatic carbocycles. The van der Waals surface area contributed by atoms with Crippen LogP contribution in [0.25, 0.3) is 0 Å². The molecule has 0 fully saturated rings. The minimum absolute atomic E-state index is 0. The summed E-state index contributed by atoms with van der Waals surface area (Å²) in [6.45, 7) is 0. The van der Waals surface area contributed by atoms with Gasteiger partial charge in [-0.05, 0) is 0 Å². The van der Waals surface area contributed by atoms with E-state index in [1.807, 2.05) is 0 Å². The minimum Gasteiger partial charge on any atom is -1.00 e. The van der Waals surface area contributed by atoms with E-state index in [0.717, 1.165) is 0 Å². The van der Waals surface area contributed by atoms with Gasteiger partial charge in [0.2, 0.25) is 0 Å². The molecule has 0 aromatic carbocycles. The van der Waals surface area contributed by atoms with E-state index in [-0.39, 0.29) is 179 Å². The summed E-state index contributed by atoms with van der Waals surface area (Å²) in [6.07, 6.45) is 0. The molecule has 0 rings (SSSR count). The van der Waals surface area contributed by atoms with Gasteiger partial charge in [-0.15, -0.1) is 0 Å². The van der Waals surface area contributed by atoms with Crippen molar-refractivity contribution in [3.63, 3.8) is 0 Å². The predicted molar refractivity (Wildman–Crippen MR) is 90.2 cm³/mol. The molecular weight excluding hydrogens is 487 g/mol. The van der Waals surface area contributed by atoms with E-state index in [9.17, 15) is 0 Å². The molecule has 0 unspecified atom stereocenters. The Balaban J connectivity index is -0.00000000240. The van der Waals surface area contributed by atoms with Crippen LogP contribution in [0.2, 0.25) is 0 Å². The predicted octanol–water partition coefficient (Wildman–Crippen LogP) is -28.0. The standard InChI is InChI=1S/4BH3O3.4Na.10H2O.4H/c4*2-1(3)4;;;;;;;;;;;;;;;;;;/h4*2-4H;;;;;10*1H2;;;;/q;;;;4*+1;;;;;;;;;;;4*-1. The summed E-state index contributed by atoms with van der Waals surface area (Å²) < 4.78 is 0. The smallest absolute Gasteiger partial charge is 1.00 e. The molecule has 22 nitrogen and oxygen atoms in total. The van der Waals surface area contributed by atoms with Crippen molar-refractivity contribution in [1.29, 1.82) is 0 Å². The van der Waals surface area contributed by atoms with E-state index in [2.05, 4.69) is 0 Å². The van der Waals surface area contributed by atoms with Gasteiger partial charge in [0, 0.05) is 0 Å². The molecule has 0 aliphatic heterocycles. The molecule has 0 saturated heterocycles. The Labute approximate surface area is 265 Å².